The molecular weight excluding hydrogens is 518 g/mol. The molecule has 39 heavy (non-hydrogen) atoms. The highest BCUT2D eigenvalue weighted by molar-refractivity contribution is 6.29. The third-order valence-corrected chi connectivity index (χ3v) is 6.74. The number of aryl methyl sites for hydroxylation is 1. The summed E-state index contributed by atoms with van der Waals surface area (Å²) in [6, 6.07) is 8.67. The molecule has 0 spiro atoms. The molecule has 0 radical (unpaired) electrons. The number of hydrogen-bond donors (Lipinski definition) is 1. The number of rotatable bonds is 11. The minimum absolute atomic E-state index is 0.233. The first-order valence-corrected chi connectivity index (χ1v) is 13.5. The number of unbranched alkanes of at least 4 members (excludes halogenated alkanes) is 1. The second-order valence-corrected chi connectivity index (χ2v) is 10.1. The maximum atomic E-state index is 13.3. The summed E-state index contributed by atoms with van der Waals surface area (Å²) in [6.07, 6.45) is 5.51. The van der Waals surface area contributed by atoms with E-state index in [9.17, 15) is 14.4 Å². The molecule has 0 saturated heterocycles. The van der Waals surface area contributed by atoms with E-state index in [0.717, 1.165) is 24.8 Å². The van der Waals surface area contributed by atoms with Gasteiger partial charge in [0.15, 0.2) is 0 Å². The smallest absolute Gasteiger partial charge is 0.331 e. The van der Waals surface area contributed by atoms with Crippen LogP contribution in [0, 0.1) is 0 Å². The quantitative estimate of drug-likeness (QED) is 0.282. The summed E-state index contributed by atoms with van der Waals surface area (Å²) in [5, 5.41) is 0.314. The van der Waals surface area contributed by atoms with Gasteiger partial charge < -0.3 is 9.88 Å². The van der Waals surface area contributed by atoms with Gasteiger partial charge in [0.2, 0.25) is 0 Å². The van der Waals surface area contributed by atoms with E-state index < -0.39 is 0 Å². The van der Waals surface area contributed by atoms with Crippen molar-refractivity contribution in [1.29, 1.82) is 0 Å². The van der Waals surface area contributed by atoms with Gasteiger partial charge in [0.25, 0.3) is 11.5 Å². The summed E-state index contributed by atoms with van der Waals surface area (Å²) >= 11 is 5.90. The van der Waals surface area contributed by atoms with E-state index in [-0.39, 0.29) is 17.2 Å². The van der Waals surface area contributed by atoms with Crippen molar-refractivity contribution in [1.82, 2.24) is 29.0 Å². The number of carbonyl (C=O) groups is 1. The van der Waals surface area contributed by atoms with Gasteiger partial charge in [0.1, 0.15) is 16.5 Å². The zero-order valence-corrected chi connectivity index (χ0v) is 23.5. The Morgan fingerprint density at radius 3 is 2.38 bits per heavy atom. The van der Waals surface area contributed by atoms with Crippen molar-refractivity contribution < 1.29 is 4.79 Å². The molecule has 0 aliphatic carbocycles. The topological polar surface area (TPSA) is 109 Å². The fourth-order valence-corrected chi connectivity index (χ4v) is 4.49. The van der Waals surface area contributed by atoms with Crippen molar-refractivity contribution in [2.45, 2.75) is 46.2 Å². The van der Waals surface area contributed by atoms with Gasteiger partial charge in [-0.25, -0.2) is 14.8 Å². The molecule has 1 amide bonds. The van der Waals surface area contributed by atoms with Crippen molar-refractivity contribution in [3.63, 3.8) is 0 Å². The first kappa shape index (κ1) is 28.3. The molecule has 0 aliphatic rings. The van der Waals surface area contributed by atoms with Crippen LogP contribution in [0.1, 0.15) is 43.5 Å². The number of fused-ring (bicyclic) bond motifs is 1. The van der Waals surface area contributed by atoms with Crippen LogP contribution < -0.4 is 16.1 Å². The normalized spacial score (nSPS) is 11.4. The second-order valence-electron chi connectivity index (χ2n) is 9.72. The molecule has 0 aromatic carbocycles. The van der Waals surface area contributed by atoms with Crippen LogP contribution in [0.5, 0.6) is 0 Å². The zero-order chi connectivity index (χ0) is 28.1. The van der Waals surface area contributed by atoms with Crippen LogP contribution in [-0.2, 0) is 13.1 Å². The molecule has 0 fully saturated rings. The Labute approximate surface area is 231 Å². The van der Waals surface area contributed by atoms with E-state index in [2.05, 4.69) is 15.0 Å². The lowest BCUT2D eigenvalue weighted by molar-refractivity contribution is 0.0984. The third-order valence-electron chi connectivity index (χ3n) is 6.52. The van der Waals surface area contributed by atoms with E-state index in [1.165, 1.54) is 10.8 Å². The second kappa shape index (κ2) is 12.4. The summed E-state index contributed by atoms with van der Waals surface area (Å²) in [6.45, 7) is 5.99. The van der Waals surface area contributed by atoms with Gasteiger partial charge in [0, 0.05) is 49.8 Å². The molecule has 0 bridgehead atoms. The van der Waals surface area contributed by atoms with Crippen LogP contribution >= 0.6 is 11.6 Å². The Morgan fingerprint density at radius 2 is 1.77 bits per heavy atom. The molecule has 4 rings (SSSR count). The van der Waals surface area contributed by atoms with Crippen molar-refractivity contribution in [2.24, 2.45) is 0 Å². The average molecular weight is 552 g/mol. The number of H-pyrrole nitrogens is 1. The summed E-state index contributed by atoms with van der Waals surface area (Å²) in [4.78, 5) is 55.1. The zero-order valence-electron chi connectivity index (χ0n) is 22.8. The average Bonchev–Trinajstić information content (AvgIpc) is 3.37. The highest BCUT2D eigenvalue weighted by Gasteiger charge is 2.21. The monoisotopic (exact) mass is 551 g/mol. The molecule has 1 N–H and O–H groups in total. The molecule has 206 valence electrons. The third kappa shape index (κ3) is 6.12. The van der Waals surface area contributed by atoms with Gasteiger partial charge in [-0.3, -0.25) is 23.6 Å². The Bertz CT molecular complexity index is 1550. The van der Waals surface area contributed by atoms with Gasteiger partial charge in [-0.1, -0.05) is 31.9 Å². The van der Waals surface area contributed by atoms with Crippen LogP contribution in [-0.4, -0.2) is 62.1 Å². The molecule has 11 heteroatoms. The number of amides is 1. The standard InChI is InChI=1S/C28H34ClN7O3/c1-5-7-13-36-27(38)25-22(34(12-6-2)28(36)39)16-21(32-25)19-9-11-24(31-17-19)35(15-14-33(3)4)26(37)20-8-10-23(29)30-18-20/h8-11,16-18,32H,5-7,12-15H2,1-4H3. The molecule has 0 aliphatic heterocycles. The van der Waals surface area contributed by atoms with Crippen molar-refractivity contribution >= 4 is 34.4 Å². The SMILES string of the molecule is CCCCn1c(=O)c2[nH]c(-c3ccc(N(CCN(C)C)C(=O)c4ccc(Cl)nc4)nc3)cc2n(CCC)c1=O. The number of anilines is 1. The first-order valence-electron chi connectivity index (χ1n) is 13.2. The van der Waals surface area contributed by atoms with Crippen molar-refractivity contribution in [3.8, 4) is 11.3 Å². The van der Waals surface area contributed by atoms with Gasteiger partial charge in [-0.2, -0.15) is 0 Å². The molecule has 4 aromatic rings. The fraction of sp³-hybridized carbons (Fsp3) is 0.393. The van der Waals surface area contributed by atoms with Crippen LogP contribution in [0.2, 0.25) is 5.15 Å². The molecule has 10 nitrogen and oxygen atoms in total. The fourth-order valence-electron chi connectivity index (χ4n) is 4.38. The number of hydrogen-bond acceptors (Lipinski definition) is 6. The van der Waals surface area contributed by atoms with Crippen molar-refractivity contribution in [2.75, 3.05) is 32.1 Å². The summed E-state index contributed by atoms with van der Waals surface area (Å²) in [5.41, 5.74) is 2.20. The van der Waals surface area contributed by atoms with E-state index in [1.54, 1.807) is 33.9 Å². The Kier molecular flexibility index (Phi) is 8.98. The number of carbonyl (C=O) groups excluding carboxylic acids is 1. The largest absolute Gasteiger partial charge is 0.349 e. The number of halogens is 1. The van der Waals surface area contributed by atoms with E-state index in [1.807, 2.05) is 45.0 Å². The minimum atomic E-state index is -0.316. The number of aromatic amines is 1. The summed E-state index contributed by atoms with van der Waals surface area (Å²) < 4.78 is 2.99. The lowest BCUT2D eigenvalue weighted by Crippen LogP contribution is -2.40. The predicted molar refractivity (Wildman–Crippen MR) is 155 cm³/mol. The predicted octanol–water partition coefficient (Wildman–Crippen LogP) is 4.02. The maximum Gasteiger partial charge on any atom is 0.331 e. The van der Waals surface area contributed by atoms with Gasteiger partial charge in [-0.15, -0.1) is 0 Å². The van der Waals surface area contributed by atoms with Crippen LogP contribution in [0.3, 0.4) is 0 Å². The Morgan fingerprint density at radius 1 is 0.974 bits per heavy atom. The van der Waals surface area contributed by atoms with Gasteiger partial charge in [0.05, 0.1) is 11.1 Å². The number of pyridine rings is 2. The molecular formula is C28H34ClN7O3. The van der Waals surface area contributed by atoms with Gasteiger partial charge in [-0.05, 0) is 57.3 Å². The highest BCUT2D eigenvalue weighted by Crippen LogP contribution is 2.24. The lowest BCUT2D eigenvalue weighted by Gasteiger charge is -2.23. The molecule has 4 heterocycles. The number of aromatic nitrogens is 5. The maximum absolute atomic E-state index is 13.3. The van der Waals surface area contributed by atoms with Crippen LogP contribution in [0.4, 0.5) is 5.82 Å². The first-order chi connectivity index (χ1) is 18.7. The minimum Gasteiger partial charge on any atom is -0.349 e. The summed E-state index contributed by atoms with van der Waals surface area (Å²) in [5.74, 6) is 0.254. The van der Waals surface area contributed by atoms with E-state index >= 15 is 0 Å². The summed E-state index contributed by atoms with van der Waals surface area (Å²) in [7, 11) is 3.88. The Hall–Kier alpha value is -3.76. The van der Waals surface area contributed by atoms with Crippen LogP contribution in [0.25, 0.3) is 22.3 Å². The number of nitrogens with zero attached hydrogens (tertiary/aromatic N) is 6. The number of likely N-dealkylation sites (N-methyl/N-ethyl adjacent to an activating group) is 1. The lowest BCUT2D eigenvalue weighted by atomic mass is 10.2. The molecule has 0 saturated carbocycles. The van der Waals surface area contributed by atoms with Crippen LogP contribution in [0.15, 0.2) is 52.3 Å². The highest BCUT2D eigenvalue weighted by atomic mass is 35.5. The Balaban J connectivity index is 1.72. The molecule has 4 aromatic heterocycles. The molecule has 0 unspecified atom stereocenters. The number of nitrogens with one attached hydrogen (secondary N) is 1. The van der Waals surface area contributed by atoms with E-state index in [0.29, 0.717) is 59.4 Å². The molecule has 0 atom stereocenters. The van der Waals surface area contributed by atoms with Crippen molar-refractivity contribution in [3.05, 3.63) is 74.3 Å². The van der Waals surface area contributed by atoms with E-state index in [4.69, 9.17) is 11.6 Å². The van der Waals surface area contributed by atoms with Gasteiger partial charge >= 0.3 is 5.69 Å².